The van der Waals surface area contributed by atoms with E-state index in [4.69, 9.17) is 5.11 Å². The molecule has 0 heterocycles. The van der Waals surface area contributed by atoms with Crippen LogP contribution < -0.4 is 5.32 Å². The smallest absolute Gasteiger partial charge is 0.328 e. The minimum Gasteiger partial charge on any atom is -0.478 e. The molecule has 5 heteroatoms. The van der Waals surface area contributed by atoms with Gasteiger partial charge in [-0.15, -0.1) is 0 Å². The molecule has 0 aliphatic carbocycles. The van der Waals surface area contributed by atoms with Crippen molar-refractivity contribution in [2.45, 2.75) is 26.0 Å². The molecule has 2 unspecified atom stereocenters. The van der Waals surface area contributed by atoms with Crippen LogP contribution in [0.2, 0.25) is 0 Å². The molecular formula is C14H17NO4. The molecule has 0 fully saturated rings. The summed E-state index contributed by atoms with van der Waals surface area (Å²) in [5, 5.41) is 21.0. The van der Waals surface area contributed by atoms with E-state index in [1.807, 2.05) is 19.1 Å². The number of carbonyl (C=O) groups excluding carboxylic acids is 1. The summed E-state index contributed by atoms with van der Waals surface area (Å²) < 4.78 is 0. The number of nitrogens with one attached hydrogen (secondary N) is 1. The van der Waals surface area contributed by atoms with Crippen LogP contribution in [0.1, 0.15) is 24.2 Å². The van der Waals surface area contributed by atoms with Crippen molar-refractivity contribution in [1.29, 1.82) is 0 Å². The predicted octanol–water partition coefficient (Wildman–Crippen LogP) is 1.17. The first-order valence-electron chi connectivity index (χ1n) is 5.86. The number of aryl methyl sites for hydroxylation is 1. The summed E-state index contributed by atoms with van der Waals surface area (Å²) in [6, 6.07) is 6.80. The van der Waals surface area contributed by atoms with Crippen molar-refractivity contribution in [3.8, 4) is 0 Å². The highest BCUT2D eigenvalue weighted by Gasteiger charge is 2.17. The molecule has 0 radical (unpaired) electrons. The van der Waals surface area contributed by atoms with Crippen LogP contribution in [0.3, 0.4) is 0 Å². The number of amides is 1. The van der Waals surface area contributed by atoms with Gasteiger partial charge in [0, 0.05) is 12.2 Å². The Bertz CT molecular complexity index is 479. The molecule has 5 nitrogen and oxygen atoms in total. The third-order valence-corrected chi connectivity index (χ3v) is 2.64. The van der Waals surface area contributed by atoms with Gasteiger partial charge in [0.2, 0.25) is 5.91 Å². The maximum atomic E-state index is 11.4. The van der Waals surface area contributed by atoms with Crippen LogP contribution in [0.25, 0.3) is 0 Å². The molecule has 0 saturated heterocycles. The molecule has 0 aliphatic heterocycles. The number of carboxylic acids is 1. The highest BCUT2D eigenvalue weighted by molar-refractivity contribution is 5.94. The highest BCUT2D eigenvalue weighted by atomic mass is 16.4. The second kappa shape index (κ2) is 6.70. The molecule has 1 amide bonds. The topological polar surface area (TPSA) is 86.6 Å². The third-order valence-electron chi connectivity index (χ3n) is 2.64. The van der Waals surface area contributed by atoms with Crippen molar-refractivity contribution in [1.82, 2.24) is 5.32 Å². The first kappa shape index (κ1) is 14.9. The van der Waals surface area contributed by atoms with Gasteiger partial charge in [0.15, 0.2) is 0 Å². The number of carbonyl (C=O) groups is 2. The van der Waals surface area contributed by atoms with Crippen molar-refractivity contribution in [3.63, 3.8) is 0 Å². The van der Waals surface area contributed by atoms with Gasteiger partial charge >= 0.3 is 5.97 Å². The van der Waals surface area contributed by atoms with Gasteiger partial charge in [0.1, 0.15) is 0 Å². The predicted molar refractivity (Wildman–Crippen MR) is 70.5 cm³/mol. The lowest BCUT2D eigenvalue weighted by Crippen LogP contribution is -2.36. The fourth-order valence-electron chi connectivity index (χ4n) is 1.55. The second-order valence-electron chi connectivity index (χ2n) is 4.32. The van der Waals surface area contributed by atoms with E-state index >= 15 is 0 Å². The lowest BCUT2D eigenvalue weighted by molar-refractivity contribution is -0.131. The van der Waals surface area contributed by atoms with Gasteiger partial charge in [-0.1, -0.05) is 29.8 Å². The number of carboxylic acid groups (broad SMARTS) is 1. The standard InChI is InChI=1S/C14H17NO4/c1-9-3-5-11(6-4-9)14(19)10(2)15-12(16)7-8-13(17)18/h3-8,10,14,19H,1-2H3,(H,15,16)(H,17,18). The third kappa shape index (κ3) is 4.93. The number of rotatable bonds is 5. The van der Waals surface area contributed by atoms with E-state index in [1.165, 1.54) is 0 Å². The Balaban J connectivity index is 2.62. The number of aliphatic hydroxyl groups is 1. The lowest BCUT2D eigenvalue weighted by Gasteiger charge is -2.20. The largest absolute Gasteiger partial charge is 0.478 e. The zero-order chi connectivity index (χ0) is 14.4. The normalized spacial score (nSPS) is 14.1. The van der Waals surface area contributed by atoms with Crippen LogP contribution in [-0.4, -0.2) is 28.1 Å². The number of hydrogen-bond donors (Lipinski definition) is 3. The summed E-state index contributed by atoms with van der Waals surface area (Å²) in [5.41, 5.74) is 1.78. The molecule has 102 valence electrons. The average molecular weight is 263 g/mol. The average Bonchev–Trinajstić information content (AvgIpc) is 2.36. The van der Waals surface area contributed by atoms with Crippen molar-refractivity contribution < 1.29 is 19.8 Å². The van der Waals surface area contributed by atoms with Crippen LogP contribution in [0.5, 0.6) is 0 Å². The summed E-state index contributed by atoms with van der Waals surface area (Å²) in [6.45, 7) is 3.59. The van der Waals surface area contributed by atoms with Gasteiger partial charge in [0.05, 0.1) is 12.1 Å². The monoisotopic (exact) mass is 263 g/mol. The summed E-state index contributed by atoms with van der Waals surface area (Å²) in [6.07, 6.45) is 0.823. The molecule has 0 spiro atoms. The molecule has 0 bridgehead atoms. The van der Waals surface area contributed by atoms with Crippen molar-refractivity contribution in [2.24, 2.45) is 0 Å². The van der Waals surface area contributed by atoms with Gasteiger partial charge in [-0.2, -0.15) is 0 Å². The van der Waals surface area contributed by atoms with Crippen molar-refractivity contribution >= 4 is 11.9 Å². The molecule has 1 aromatic carbocycles. The van der Waals surface area contributed by atoms with Crippen LogP contribution >= 0.6 is 0 Å². The van der Waals surface area contributed by atoms with Crippen LogP contribution in [0.15, 0.2) is 36.4 Å². The van der Waals surface area contributed by atoms with E-state index in [2.05, 4.69) is 5.32 Å². The first-order valence-corrected chi connectivity index (χ1v) is 5.86. The molecule has 19 heavy (non-hydrogen) atoms. The Hall–Kier alpha value is -2.14. The molecule has 0 aromatic heterocycles. The van der Waals surface area contributed by atoms with Crippen LogP contribution in [0.4, 0.5) is 0 Å². The van der Waals surface area contributed by atoms with E-state index in [9.17, 15) is 14.7 Å². The van der Waals surface area contributed by atoms with Crippen LogP contribution in [-0.2, 0) is 9.59 Å². The van der Waals surface area contributed by atoms with Crippen molar-refractivity contribution in [3.05, 3.63) is 47.5 Å². The second-order valence-corrected chi connectivity index (χ2v) is 4.32. The first-order chi connectivity index (χ1) is 8.90. The number of hydrogen-bond acceptors (Lipinski definition) is 3. The van der Waals surface area contributed by atoms with E-state index < -0.39 is 24.0 Å². The molecule has 1 aromatic rings. The molecule has 3 N–H and O–H groups in total. The maximum Gasteiger partial charge on any atom is 0.328 e. The summed E-state index contributed by atoms with van der Waals surface area (Å²) in [4.78, 5) is 21.6. The minimum atomic E-state index is -1.19. The number of aliphatic carboxylic acids is 1. The summed E-state index contributed by atoms with van der Waals surface area (Å²) in [5.74, 6) is -1.75. The summed E-state index contributed by atoms with van der Waals surface area (Å²) in [7, 11) is 0. The minimum absolute atomic E-state index is 0.520. The van der Waals surface area contributed by atoms with Gasteiger partial charge < -0.3 is 15.5 Å². The Morgan fingerprint density at radius 3 is 2.32 bits per heavy atom. The van der Waals surface area contributed by atoms with Gasteiger partial charge in [-0.05, 0) is 19.4 Å². The Morgan fingerprint density at radius 1 is 1.21 bits per heavy atom. The van der Waals surface area contributed by atoms with Crippen molar-refractivity contribution in [2.75, 3.05) is 0 Å². The van der Waals surface area contributed by atoms with Crippen LogP contribution in [0, 0.1) is 6.92 Å². The van der Waals surface area contributed by atoms with Gasteiger partial charge in [-0.25, -0.2) is 4.79 Å². The van der Waals surface area contributed by atoms with E-state index in [1.54, 1.807) is 19.1 Å². The molecule has 0 saturated carbocycles. The fraction of sp³-hybridized carbons (Fsp3) is 0.286. The van der Waals surface area contributed by atoms with Gasteiger partial charge in [-0.3, -0.25) is 4.79 Å². The van der Waals surface area contributed by atoms with E-state index in [0.29, 0.717) is 5.56 Å². The molecule has 0 aliphatic rings. The zero-order valence-corrected chi connectivity index (χ0v) is 10.8. The van der Waals surface area contributed by atoms with E-state index in [0.717, 1.165) is 17.7 Å². The Labute approximate surface area is 111 Å². The number of benzene rings is 1. The zero-order valence-electron chi connectivity index (χ0n) is 10.8. The quantitative estimate of drug-likeness (QED) is 0.696. The summed E-state index contributed by atoms with van der Waals surface area (Å²) >= 11 is 0. The van der Waals surface area contributed by atoms with Gasteiger partial charge in [0.25, 0.3) is 0 Å². The highest BCUT2D eigenvalue weighted by Crippen LogP contribution is 2.17. The number of aliphatic hydroxyl groups excluding tert-OH is 1. The SMILES string of the molecule is Cc1ccc(C(O)C(C)NC(=O)C=CC(=O)O)cc1. The fourth-order valence-corrected chi connectivity index (χ4v) is 1.55. The molecule has 1 rings (SSSR count). The maximum absolute atomic E-state index is 11.4. The molecule has 2 atom stereocenters. The molecular weight excluding hydrogens is 246 g/mol. The Morgan fingerprint density at radius 2 is 1.79 bits per heavy atom. The lowest BCUT2D eigenvalue weighted by atomic mass is 10.0. The Kier molecular flexibility index (Phi) is 5.26. The van der Waals surface area contributed by atoms with E-state index in [-0.39, 0.29) is 0 Å².